The van der Waals surface area contributed by atoms with Crippen LogP contribution in [0.2, 0.25) is 0 Å². The minimum absolute atomic E-state index is 0. The molecule has 0 radical (unpaired) electrons. The molecule has 4 aliphatic rings. The number of para-hydroxylation sites is 1. The van der Waals surface area contributed by atoms with Crippen molar-refractivity contribution >= 4 is 29.9 Å². The summed E-state index contributed by atoms with van der Waals surface area (Å²) in [6.07, 6.45) is 4.45. The molecule has 29 heavy (non-hydrogen) atoms. The molecule has 2 amide bonds. The molecular formula is C22H30ClN3O3. The molecule has 1 aromatic rings. The van der Waals surface area contributed by atoms with Gasteiger partial charge in [-0.25, -0.2) is 0 Å². The number of amides is 2. The largest absolute Gasteiger partial charge is 0.375 e. The predicted octanol–water partition coefficient (Wildman–Crippen LogP) is 2.10. The van der Waals surface area contributed by atoms with Gasteiger partial charge in [0.1, 0.15) is 0 Å². The van der Waals surface area contributed by atoms with Crippen molar-refractivity contribution in [1.82, 2.24) is 10.2 Å². The zero-order valence-electron chi connectivity index (χ0n) is 16.9. The Labute approximate surface area is 178 Å². The van der Waals surface area contributed by atoms with Crippen molar-refractivity contribution in [3.05, 3.63) is 29.8 Å². The molecule has 3 fully saturated rings. The van der Waals surface area contributed by atoms with Crippen molar-refractivity contribution < 1.29 is 14.3 Å². The molecule has 1 spiro atoms. The maximum atomic E-state index is 13.2. The van der Waals surface area contributed by atoms with Gasteiger partial charge in [0.25, 0.3) is 0 Å². The summed E-state index contributed by atoms with van der Waals surface area (Å²) >= 11 is 0. The molecular weight excluding hydrogens is 390 g/mol. The first-order valence-electron chi connectivity index (χ1n) is 10.6. The Kier molecular flexibility index (Phi) is 5.62. The summed E-state index contributed by atoms with van der Waals surface area (Å²) in [7, 11) is 1.87. The van der Waals surface area contributed by atoms with Crippen molar-refractivity contribution in [2.24, 2.45) is 5.92 Å². The summed E-state index contributed by atoms with van der Waals surface area (Å²) in [6.45, 7) is 2.99. The number of anilines is 1. The van der Waals surface area contributed by atoms with E-state index in [-0.39, 0.29) is 36.2 Å². The quantitative estimate of drug-likeness (QED) is 0.757. The van der Waals surface area contributed by atoms with Gasteiger partial charge in [0.05, 0.1) is 18.1 Å². The van der Waals surface area contributed by atoms with E-state index in [9.17, 15) is 9.59 Å². The Hall–Kier alpha value is -1.63. The number of piperidine rings is 1. The Bertz CT molecular complexity index is 793. The van der Waals surface area contributed by atoms with Crippen LogP contribution in [0.15, 0.2) is 24.3 Å². The van der Waals surface area contributed by atoms with Gasteiger partial charge in [-0.3, -0.25) is 9.59 Å². The summed E-state index contributed by atoms with van der Waals surface area (Å²) < 4.78 is 5.84. The summed E-state index contributed by atoms with van der Waals surface area (Å²) in [5.74, 6) is 0.538. The third-order valence-electron chi connectivity index (χ3n) is 7.40. The van der Waals surface area contributed by atoms with E-state index in [1.807, 2.05) is 30.1 Å². The van der Waals surface area contributed by atoms with Gasteiger partial charge in [0.2, 0.25) is 11.8 Å². The highest BCUT2D eigenvalue weighted by atomic mass is 35.5. The number of nitrogens with zero attached hydrogens (tertiary/aromatic N) is 2. The lowest BCUT2D eigenvalue weighted by molar-refractivity contribution is -0.142. The standard InChI is InChI=1S/C22H29N3O3.ClH/c1-24-18-5-3-2-4-16(18)22(21(24)27)8-11-25(12-9-22)20(26)15-6-7-19-17(14-15)23-10-13-28-19;/h2-5,15,17,19,23H,6-14H2,1H3;1H/t15-,17+,19+;/m0./s1. The highest BCUT2D eigenvalue weighted by molar-refractivity contribution is 6.08. The molecule has 3 aliphatic heterocycles. The molecule has 1 saturated carbocycles. The molecule has 5 rings (SSSR count). The second-order valence-electron chi connectivity index (χ2n) is 8.77. The molecule has 0 aromatic heterocycles. The monoisotopic (exact) mass is 419 g/mol. The molecule has 1 N–H and O–H groups in total. The zero-order valence-corrected chi connectivity index (χ0v) is 17.7. The molecule has 1 aliphatic carbocycles. The van der Waals surface area contributed by atoms with Gasteiger partial charge in [0, 0.05) is 44.3 Å². The molecule has 3 heterocycles. The maximum absolute atomic E-state index is 13.2. The first kappa shape index (κ1) is 20.6. The molecule has 2 saturated heterocycles. The van der Waals surface area contributed by atoms with Crippen LogP contribution in [0.25, 0.3) is 0 Å². The third-order valence-corrected chi connectivity index (χ3v) is 7.40. The number of carbonyl (C=O) groups is 2. The van der Waals surface area contributed by atoms with Crippen molar-refractivity contribution in [3.8, 4) is 0 Å². The third kappa shape index (κ3) is 3.25. The molecule has 6 nitrogen and oxygen atoms in total. The first-order chi connectivity index (χ1) is 13.6. The highest BCUT2D eigenvalue weighted by Crippen LogP contribution is 2.47. The van der Waals surface area contributed by atoms with Crippen LogP contribution in [0.5, 0.6) is 0 Å². The number of carbonyl (C=O) groups excluding carboxylic acids is 2. The Morgan fingerprint density at radius 2 is 1.97 bits per heavy atom. The summed E-state index contributed by atoms with van der Waals surface area (Å²) in [5.41, 5.74) is 1.71. The van der Waals surface area contributed by atoms with Gasteiger partial charge >= 0.3 is 0 Å². The normalized spacial score (nSPS) is 30.5. The molecule has 0 bridgehead atoms. The Balaban J connectivity index is 0.00000205. The van der Waals surface area contributed by atoms with Crippen LogP contribution in [-0.4, -0.2) is 62.1 Å². The minimum atomic E-state index is -0.446. The lowest BCUT2D eigenvalue weighted by Crippen LogP contribution is -2.55. The summed E-state index contributed by atoms with van der Waals surface area (Å²) in [6, 6.07) is 8.42. The average Bonchev–Trinajstić information content (AvgIpc) is 2.96. The smallest absolute Gasteiger partial charge is 0.237 e. The predicted molar refractivity (Wildman–Crippen MR) is 113 cm³/mol. The van der Waals surface area contributed by atoms with Crippen LogP contribution >= 0.6 is 12.4 Å². The minimum Gasteiger partial charge on any atom is -0.375 e. The number of hydrogen-bond acceptors (Lipinski definition) is 4. The van der Waals surface area contributed by atoms with E-state index in [1.54, 1.807) is 4.90 Å². The number of morpholine rings is 1. The number of rotatable bonds is 1. The lowest BCUT2D eigenvalue weighted by atomic mass is 9.73. The zero-order chi connectivity index (χ0) is 19.3. The van der Waals surface area contributed by atoms with E-state index in [4.69, 9.17) is 4.74 Å². The molecule has 7 heteroatoms. The Morgan fingerprint density at radius 3 is 2.76 bits per heavy atom. The van der Waals surface area contributed by atoms with Gasteiger partial charge in [-0.1, -0.05) is 18.2 Å². The lowest BCUT2D eigenvalue weighted by Gasteiger charge is -2.43. The number of halogens is 1. The first-order valence-corrected chi connectivity index (χ1v) is 10.6. The maximum Gasteiger partial charge on any atom is 0.237 e. The van der Waals surface area contributed by atoms with Crippen molar-refractivity contribution in [2.45, 2.75) is 49.7 Å². The SMILES string of the molecule is CN1C(=O)C2(CCN(C(=O)[C@H]3CC[C@H]4OCCN[C@@H]4C3)CC2)c2ccccc21.Cl. The van der Waals surface area contributed by atoms with E-state index < -0.39 is 5.41 Å². The van der Waals surface area contributed by atoms with Crippen LogP contribution < -0.4 is 10.2 Å². The fraction of sp³-hybridized carbons (Fsp3) is 0.636. The van der Waals surface area contributed by atoms with Crippen molar-refractivity contribution in [3.63, 3.8) is 0 Å². The molecule has 0 unspecified atom stereocenters. The second-order valence-corrected chi connectivity index (χ2v) is 8.77. The topological polar surface area (TPSA) is 61.9 Å². The number of benzene rings is 1. The number of ether oxygens (including phenoxy) is 1. The van der Waals surface area contributed by atoms with Gasteiger partial charge in [-0.05, 0) is 43.7 Å². The van der Waals surface area contributed by atoms with E-state index >= 15 is 0 Å². The number of hydrogen-bond donors (Lipinski definition) is 1. The van der Waals surface area contributed by atoms with Crippen LogP contribution in [-0.2, 0) is 19.7 Å². The number of likely N-dealkylation sites (tertiary alicyclic amines) is 1. The van der Waals surface area contributed by atoms with Crippen LogP contribution in [0.1, 0.15) is 37.7 Å². The number of likely N-dealkylation sites (N-methyl/N-ethyl adjacent to an activating group) is 1. The van der Waals surface area contributed by atoms with E-state index in [2.05, 4.69) is 11.4 Å². The molecule has 158 valence electrons. The fourth-order valence-electron chi connectivity index (χ4n) is 5.80. The van der Waals surface area contributed by atoms with Crippen LogP contribution in [0.4, 0.5) is 5.69 Å². The van der Waals surface area contributed by atoms with E-state index in [0.717, 1.165) is 56.5 Å². The van der Waals surface area contributed by atoms with E-state index in [1.165, 1.54) is 0 Å². The number of fused-ring (bicyclic) bond motifs is 3. The Morgan fingerprint density at radius 1 is 1.21 bits per heavy atom. The molecule has 1 aromatic carbocycles. The average molecular weight is 420 g/mol. The van der Waals surface area contributed by atoms with Gasteiger partial charge < -0.3 is 19.9 Å². The number of nitrogens with one attached hydrogen (secondary N) is 1. The second kappa shape index (κ2) is 7.89. The van der Waals surface area contributed by atoms with Gasteiger partial charge in [0.15, 0.2) is 0 Å². The van der Waals surface area contributed by atoms with Gasteiger partial charge in [-0.15, -0.1) is 12.4 Å². The molecule has 3 atom stereocenters. The summed E-state index contributed by atoms with van der Waals surface area (Å²) in [4.78, 5) is 30.1. The highest BCUT2D eigenvalue weighted by Gasteiger charge is 2.51. The summed E-state index contributed by atoms with van der Waals surface area (Å²) in [5, 5.41) is 3.52. The fourth-order valence-corrected chi connectivity index (χ4v) is 5.80. The van der Waals surface area contributed by atoms with Crippen molar-refractivity contribution in [2.75, 3.05) is 38.2 Å². The van der Waals surface area contributed by atoms with Crippen molar-refractivity contribution in [1.29, 1.82) is 0 Å². The van der Waals surface area contributed by atoms with Crippen LogP contribution in [0.3, 0.4) is 0 Å². The van der Waals surface area contributed by atoms with Gasteiger partial charge in [-0.2, -0.15) is 0 Å². The van der Waals surface area contributed by atoms with E-state index in [0.29, 0.717) is 19.1 Å². The van der Waals surface area contributed by atoms with Crippen LogP contribution in [0, 0.1) is 5.92 Å².